The number of hydrogen-bond acceptors (Lipinski definition) is 14. The van der Waals surface area contributed by atoms with Crippen molar-refractivity contribution in [1.82, 2.24) is 15.0 Å². The van der Waals surface area contributed by atoms with Crippen LogP contribution >= 0.6 is 34.8 Å². The van der Waals surface area contributed by atoms with Crippen LogP contribution in [0.4, 0.5) is 73.9 Å². The number of methoxy groups -OCH3 is 3. The first-order valence-corrected chi connectivity index (χ1v) is 40.7. The number of azo groups is 3. The highest BCUT2D eigenvalue weighted by atomic mass is 35.5. The molecule has 0 fully saturated rings. The van der Waals surface area contributed by atoms with Gasteiger partial charge in [0.2, 0.25) is 5.91 Å². The average molecular weight is 1660 g/mol. The summed E-state index contributed by atoms with van der Waals surface area (Å²) in [6.45, 7) is 11.6. The van der Waals surface area contributed by atoms with Gasteiger partial charge in [0.15, 0.2) is 17.2 Å². The highest BCUT2D eigenvalue weighted by molar-refractivity contribution is 6.34. The van der Waals surface area contributed by atoms with Gasteiger partial charge in [0.1, 0.15) is 23.7 Å². The van der Waals surface area contributed by atoms with Crippen LogP contribution in [-0.4, -0.2) is 62.2 Å². The second kappa shape index (κ2) is 33.1. The van der Waals surface area contributed by atoms with E-state index in [4.69, 9.17) is 91.5 Å². The van der Waals surface area contributed by atoms with E-state index in [1.807, 2.05) is 207 Å². The fraction of sp³-hybridized carbons (Fsp3) is 0.110. The SMILES string of the molecule is [CH]C#Cc1ccccc1C(=O)N(C)c1cc2ccc3c4cc(Cl)ccc4[nH]c3c2c(N=Nc2ccc(N(c3ccc(N=Nc4c(OC)c(CON(C)c5ccccc5CC)cc5ccc6c7cc(Cl)ccc7[nH]c6c45)cc3)c3ccc(N=Nc4c(OC)c(N(C(C)=O)c5ccccc5CC)cc5ccc6c7cc(Cl)ccc7[nH]c6c45)cc3)cc2)c1OC. The predicted octanol–water partition coefficient (Wildman–Crippen LogP) is 28.5. The summed E-state index contributed by atoms with van der Waals surface area (Å²) in [5.74, 6) is 5.90. The van der Waals surface area contributed by atoms with E-state index in [2.05, 4.69) is 75.9 Å². The zero-order chi connectivity index (χ0) is 84.1. The van der Waals surface area contributed by atoms with Crippen molar-refractivity contribution in [2.45, 2.75) is 40.2 Å². The molecule has 2 radical (unpaired) electrons. The summed E-state index contributed by atoms with van der Waals surface area (Å²) in [5, 5.41) is 44.2. The molecule has 3 aromatic heterocycles. The lowest BCUT2D eigenvalue weighted by Crippen LogP contribution is -2.27. The number of aromatic nitrogens is 3. The quantitative estimate of drug-likeness (QED) is 0.0337. The number of anilines is 7. The van der Waals surface area contributed by atoms with Crippen LogP contribution in [-0.2, 0) is 29.1 Å². The summed E-state index contributed by atoms with van der Waals surface area (Å²) >= 11 is 19.9. The van der Waals surface area contributed by atoms with Gasteiger partial charge >= 0.3 is 0 Å². The van der Waals surface area contributed by atoms with E-state index in [1.165, 1.54) is 4.90 Å². The number of fused-ring (bicyclic) bond motifs is 15. The molecule has 2 amide bonds. The van der Waals surface area contributed by atoms with E-state index in [0.29, 0.717) is 101 Å². The Balaban J connectivity index is 0.755. The Morgan fingerprint density at radius 2 is 0.820 bits per heavy atom. The zero-order valence-corrected chi connectivity index (χ0v) is 69.8. The van der Waals surface area contributed by atoms with Crippen LogP contribution in [0.3, 0.4) is 0 Å². The van der Waals surface area contributed by atoms with Crippen molar-refractivity contribution in [3.8, 4) is 29.1 Å². The average Bonchev–Trinajstić information content (AvgIpc) is 1.67. The van der Waals surface area contributed by atoms with E-state index in [0.717, 1.165) is 144 Å². The molecule has 0 saturated carbocycles. The number of carbonyl (C=O) groups excluding carboxylic acids is 2. The summed E-state index contributed by atoms with van der Waals surface area (Å²) in [5.41, 5.74) is 16.5. The molecule has 0 bridgehead atoms. The van der Waals surface area contributed by atoms with Crippen molar-refractivity contribution in [2.75, 3.05) is 55.2 Å². The highest BCUT2D eigenvalue weighted by Crippen LogP contribution is 2.53. The minimum absolute atomic E-state index is 0.158. The Morgan fingerprint density at radius 3 is 1.26 bits per heavy atom. The van der Waals surface area contributed by atoms with E-state index in [1.54, 1.807) is 69.5 Å². The van der Waals surface area contributed by atoms with E-state index < -0.39 is 0 Å². The number of aryl methyl sites for hydroxylation is 2. The molecule has 0 atom stereocenters. The maximum atomic E-state index is 14.7. The molecule has 0 aliphatic heterocycles. The Hall–Kier alpha value is -14.4. The van der Waals surface area contributed by atoms with E-state index >= 15 is 0 Å². The second-order valence-electron chi connectivity index (χ2n) is 29.4. The molecule has 18 aromatic rings. The van der Waals surface area contributed by atoms with Gasteiger partial charge in [-0.1, -0.05) is 145 Å². The molecule has 22 heteroatoms. The van der Waals surface area contributed by atoms with Crippen molar-refractivity contribution < 1.29 is 28.6 Å². The molecule has 18 rings (SSSR count). The first-order valence-electron chi connectivity index (χ1n) is 39.5. The summed E-state index contributed by atoms with van der Waals surface area (Å²) in [6, 6.07) is 81.9. The molecular formula is C100H76Cl3N13O6. The highest BCUT2D eigenvalue weighted by Gasteiger charge is 2.30. The number of para-hydroxylation sites is 2. The number of amides is 2. The normalized spacial score (nSPS) is 11.8. The number of nitrogens with zero attached hydrogens (tertiary/aromatic N) is 10. The van der Waals surface area contributed by atoms with E-state index in [-0.39, 0.29) is 18.4 Å². The number of benzene rings is 15. The van der Waals surface area contributed by atoms with Gasteiger partial charge in [-0.2, -0.15) is 15.3 Å². The summed E-state index contributed by atoms with van der Waals surface area (Å²) in [7, 11) is 8.36. The topological polar surface area (TPSA) is 206 Å². The maximum Gasteiger partial charge on any atom is 0.259 e. The molecule has 0 aliphatic rings. The standard InChI is InChI=1S/C100H76Cl3N13O6/c1-10-19-60-22-13-16-23-74(60)100(118)113(5)86-51-62-27-45-76-79-54-66(102)30-48-82(79)105-92(76)89(62)95(98(86)120-8)111-108-69-34-40-72(41-35-69)116(71-38-32-68(33-39-71)107-110-94-88-61(26-44-75-78-53-65(101)29-47-81(78)104-91(75)88)50-64(97(94)119-7)56-122-114(6)84-24-17-14-20-58(84)11-2)73-42-36-70(37-43-73)109-112-96-90-63(28-46-77-80-55-67(103)31-49-83(80)106-93(77)90)52-87(99(96)121-9)115(57(4)117)85-25-18-15-21-59(85)12-3/h1,13-18,20-55,104-106H,11-12,56H2,2-9H3. The molecule has 15 aromatic carbocycles. The summed E-state index contributed by atoms with van der Waals surface area (Å²) in [4.78, 5) is 51.7. The van der Waals surface area contributed by atoms with Crippen LogP contribution in [0.25, 0.3) is 97.7 Å². The summed E-state index contributed by atoms with van der Waals surface area (Å²) in [6.07, 6.45) is 1.51. The second-order valence-corrected chi connectivity index (χ2v) is 30.7. The monoisotopic (exact) mass is 1660 g/mol. The molecule has 0 saturated heterocycles. The minimum atomic E-state index is -0.347. The molecule has 0 aliphatic carbocycles. The van der Waals surface area contributed by atoms with Crippen LogP contribution in [0.5, 0.6) is 17.2 Å². The van der Waals surface area contributed by atoms with Gasteiger partial charge in [0, 0.05) is 129 Å². The van der Waals surface area contributed by atoms with Crippen LogP contribution in [0.1, 0.15) is 53.4 Å². The van der Waals surface area contributed by atoms with Gasteiger partial charge in [-0.3, -0.25) is 24.4 Å². The molecule has 3 N–H and O–H groups in total. The zero-order valence-electron chi connectivity index (χ0n) is 67.5. The minimum Gasteiger partial charge on any atom is -0.494 e. The Morgan fingerprint density at radius 1 is 0.418 bits per heavy atom. The third kappa shape index (κ3) is 14.4. The number of nitrogens with one attached hydrogen (secondary N) is 3. The van der Waals surface area contributed by atoms with Crippen LogP contribution in [0.15, 0.2) is 285 Å². The number of carbonyl (C=O) groups is 2. The largest absolute Gasteiger partial charge is 0.494 e. The third-order valence-electron chi connectivity index (χ3n) is 22.4. The van der Waals surface area contributed by atoms with Gasteiger partial charge in [-0.25, -0.2) is 0 Å². The summed E-state index contributed by atoms with van der Waals surface area (Å²) < 4.78 is 19.1. The number of hydrogen-bond donors (Lipinski definition) is 3. The molecule has 0 spiro atoms. The van der Waals surface area contributed by atoms with Gasteiger partial charge < -0.3 is 39.0 Å². The third-order valence-corrected chi connectivity index (χ3v) is 23.1. The van der Waals surface area contributed by atoms with Crippen LogP contribution < -0.4 is 34.0 Å². The number of ether oxygens (including phenoxy) is 3. The molecular weight excluding hydrogens is 1590 g/mol. The van der Waals surface area contributed by atoms with Crippen molar-refractivity contribution in [1.29, 1.82) is 0 Å². The Labute approximate surface area is 717 Å². The number of H-pyrrole nitrogens is 3. The van der Waals surface area contributed by atoms with Crippen molar-refractivity contribution in [3.63, 3.8) is 0 Å². The first kappa shape index (κ1) is 78.8. The number of rotatable bonds is 22. The van der Waals surface area contributed by atoms with Gasteiger partial charge in [0.05, 0.1) is 90.2 Å². The van der Waals surface area contributed by atoms with Crippen LogP contribution in [0.2, 0.25) is 15.1 Å². The van der Waals surface area contributed by atoms with Gasteiger partial charge in [-0.05, 0) is 210 Å². The smallest absolute Gasteiger partial charge is 0.259 e. The Kier molecular flexibility index (Phi) is 21.4. The fourth-order valence-corrected chi connectivity index (χ4v) is 17.1. The van der Waals surface area contributed by atoms with Crippen LogP contribution in [0, 0.1) is 18.8 Å². The molecule has 122 heavy (non-hydrogen) atoms. The molecule has 19 nitrogen and oxygen atoms in total. The lowest BCUT2D eigenvalue weighted by molar-refractivity contribution is -0.115. The lowest BCUT2D eigenvalue weighted by Gasteiger charge is -2.27. The van der Waals surface area contributed by atoms with Crippen molar-refractivity contribution in [3.05, 3.63) is 305 Å². The lowest BCUT2D eigenvalue weighted by atomic mass is 10.0. The Bertz CT molecular complexity index is 7430. The number of aromatic amines is 3. The fourth-order valence-electron chi connectivity index (χ4n) is 16.6. The maximum absolute atomic E-state index is 14.7. The van der Waals surface area contributed by atoms with E-state index in [9.17, 15) is 9.59 Å². The number of halogens is 3. The number of hydroxylamine groups is 1. The van der Waals surface area contributed by atoms with Gasteiger partial charge in [-0.15, -0.1) is 15.3 Å². The molecule has 3 heterocycles. The van der Waals surface area contributed by atoms with Gasteiger partial charge in [0.25, 0.3) is 5.91 Å². The molecule has 0 unspecified atom stereocenters. The molecule has 598 valence electrons. The van der Waals surface area contributed by atoms with Crippen molar-refractivity contribution in [2.24, 2.45) is 30.7 Å². The first-order chi connectivity index (χ1) is 59.5. The van der Waals surface area contributed by atoms with Crippen molar-refractivity contribution >= 4 is 218 Å². The predicted molar refractivity (Wildman–Crippen MR) is 496 cm³/mol.